The van der Waals surface area contributed by atoms with E-state index in [-0.39, 0.29) is 0 Å². The maximum absolute atomic E-state index is 12.4. The molecule has 264 valence electrons. The number of aryl methyl sites for hydroxylation is 2. The van der Waals surface area contributed by atoms with E-state index in [0.29, 0.717) is 37.7 Å². The second kappa shape index (κ2) is 19.3. The van der Waals surface area contributed by atoms with Crippen LogP contribution in [-0.2, 0) is 38.6 Å². The van der Waals surface area contributed by atoms with Crippen LogP contribution in [0.1, 0.15) is 25.0 Å². The lowest BCUT2D eigenvalue weighted by molar-refractivity contribution is 0.167. The van der Waals surface area contributed by atoms with E-state index in [1.54, 1.807) is 26.4 Å². The third-order valence-corrected chi connectivity index (χ3v) is 11.6. The molecule has 0 unspecified atom stereocenters. The summed E-state index contributed by atoms with van der Waals surface area (Å²) in [6.45, 7) is 10.7. The fourth-order valence-corrected chi connectivity index (χ4v) is 8.32. The molecule has 2 N–H and O–H groups in total. The molecular weight excluding hydrogens is 652 g/mol. The van der Waals surface area contributed by atoms with Crippen LogP contribution >= 0.6 is 0 Å². The number of benzene rings is 2. The Labute approximate surface area is 278 Å². The summed E-state index contributed by atoms with van der Waals surface area (Å²) in [6, 6.07) is 10.9. The van der Waals surface area contributed by atoms with E-state index in [1.807, 2.05) is 52.0 Å². The van der Waals surface area contributed by atoms with Crippen molar-refractivity contribution < 1.29 is 45.4 Å². The molecular formula is C31H48N4O10S2. The minimum Gasteiger partial charge on any atom is -0.448 e. The van der Waals surface area contributed by atoms with Crippen molar-refractivity contribution in [3.63, 3.8) is 0 Å². The summed E-state index contributed by atoms with van der Waals surface area (Å²) in [5.41, 5.74) is 4.44. The largest absolute Gasteiger partial charge is 0.448 e. The zero-order valence-electron chi connectivity index (χ0n) is 28.0. The van der Waals surface area contributed by atoms with Crippen molar-refractivity contribution in [2.24, 2.45) is 0 Å². The van der Waals surface area contributed by atoms with Gasteiger partial charge in [0.25, 0.3) is 0 Å². The number of hydrogen-bond acceptors (Lipinski definition) is 12. The number of nitrogens with one attached hydrogen (secondary N) is 2. The summed E-state index contributed by atoms with van der Waals surface area (Å²) < 4.78 is 70.0. The zero-order chi connectivity index (χ0) is 35.0. The highest BCUT2D eigenvalue weighted by Crippen LogP contribution is 2.24. The average molecular weight is 701 g/mol. The molecule has 0 aliphatic heterocycles. The molecule has 14 nitrogen and oxygen atoms in total. The van der Waals surface area contributed by atoms with E-state index in [0.717, 1.165) is 35.6 Å². The van der Waals surface area contributed by atoms with Crippen molar-refractivity contribution in [3.05, 3.63) is 47.5 Å². The molecule has 2 aromatic rings. The van der Waals surface area contributed by atoms with E-state index >= 15 is 0 Å². The van der Waals surface area contributed by atoms with Crippen molar-refractivity contribution in [1.82, 2.24) is 0 Å². The van der Waals surface area contributed by atoms with Crippen LogP contribution in [-0.4, -0.2) is 112 Å². The number of sulfone groups is 2. The van der Waals surface area contributed by atoms with Gasteiger partial charge in [0, 0.05) is 63.1 Å². The van der Waals surface area contributed by atoms with Crippen LogP contribution in [0.25, 0.3) is 0 Å². The van der Waals surface area contributed by atoms with Gasteiger partial charge in [-0.25, -0.2) is 26.4 Å². The quantitative estimate of drug-likeness (QED) is 0.205. The smallest absolute Gasteiger partial charge is 0.411 e. The predicted molar refractivity (Wildman–Crippen MR) is 184 cm³/mol. The summed E-state index contributed by atoms with van der Waals surface area (Å²) in [6.07, 6.45) is -1.74. The van der Waals surface area contributed by atoms with Gasteiger partial charge in [-0.15, -0.1) is 0 Å². The highest BCUT2D eigenvalue weighted by Gasteiger charge is 2.23. The Bertz CT molecular complexity index is 1420. The highest BCUT2D eigenvalue weighted by atomic mass is 32.3. The molecule has 0 heterocycles. The van der Waals surface area contributed by atoms with Crippen molar-refractivity contribution >= 4 is 54.6 Å². The molecule has 0 bridgehead atoms. The number of ether oxygens (including phenoxy) is 4. The lowest BCUT2D eigenvalue weighted by Gasteiger charge is -2.23. The Morgan fingerprint density at radius 2 is 1.04 bits per heavy atom. The molecule has 0 saturated heterocycles. The summed E-state index contributed by atoms with van der Waals surface area (Å²) in [4.78, 5) is 28.8. The lowest BCUT2D eigenvalue weighted by Crippen LogP contribution is -2.28. The number of hydrogen-bond donors (Lipinski definition) is 2. The number of likely N-dealkylation sites (N-methyl/N-ethyl adjacent to an activating group) is 2. The average Bonchev–Trinajstić information content (AvgIpc) is 2.99. The molecule has 0 radical (unpaired) electrons. The summed E-state index contributed by atoms with van der Waals surface area (Å²) in [5, 5.41) is 3.96. The maximum atomic E-state index is 12.4. The van der Waals surface area contributed by atoms with Gasteiger partial charge >= 0.3 is 12.2 Å². The van der Waals surface area contributed by atoms with Crippen LogP contribution in [0.3, 0.4) is 0 Å². The zero-order valence-corrected chi connectivity index (χ0v) is 29.7. The van der Waals surface area contributed by atoms with Gasteiger partial charge in [-0.2, -0.15) is 0 Å². The highest BCUT2D eigenvalue weighted by molar-refractivity contribution is 8.08. The minimum absolute atomic E-state index is 0.490. The summed E-state index contributed by atoms with van der Waals surface area (Å²) >= 11 is 0. The monoisotopic (exact) mass is 700 g/mol. The first-order valence-corrected chi connectivity index (χ1v) is 18.9. The molecule has 2 amide bonds. The van der Waals surface area contributed by atoms with Crippen molar-refractivity contribution in [3.8, 4) is 0 Å². The molecule has 0 fully saturated rings. The number of amides is 2. The molecule has 0 spiro atoms. The summed E-state index contributed by atoms with van der Waals surface area (Å²) in [7, 11) is -5.02. The third kappa shape index (κ3) is 14.0. The second-order valence-corrected chi connectivity index (χ2v) is 15.4. The normalized spacial score (nSPS) is 11.5. The number of carbonyl (C=O) groups is 2. The molecule has 2 rings (SSSR count). The molecule has 0 aromatic heterocycles. The molecule has 0 aliphatic carbocycles. The van der Waals surface area contributed by atoms with Gasteiger partial charge in [0.15, 0.2) is 24.8 Å². The van der Waals surface area contributed by atoms with Crippen molar-refractivity contribution in [1.29, 1.82) is 0 Å². The van der Waals surface area contributed by atoms with Crippen LogP contribution in [0.4, 0.5) is 32.3 Å². The standard InChI is InChI=1S/C31H48N4O10S2/c1-7-34(13-15-42-5)26-9-11-28(24(3)21-26)32-30(36)44-17-19-46(38,39)23-47(40,41)20-18-45-31(37)33-29-12-10-27(22-25(29)4)35(8-2)14-16-43-6/h9-12,21-22H,7-8,13-20,23H2,1-6H3,(H,32,36)(H,33,37). The molecule has 2 aromatic carbocycles. The van der Waals surface area contributed by atoms with E-state index in [2.05, 4.69) is 20.4 Å². The number of anilines is 4. The molecule has 0 atom stereocenters. The van der Waals surface area contributed by atoms with Gasteiger partial charge in [-0.3, -0.25) is 10.6 Å². The first-order valence-electron chi connectivity index (χ1n) is 15.2. The summed E-state index contributed by atoms with van der Waals surface area (Å²) in [5.74, 6) is -1.39. The van der Waals surface area contributed by atoms with Crippen LogP contribution in [0.5, 0.6) is 0 Å². The topological polar surface area (TPSA) is 170 Å². The molecule has 16 heteroatoms. The predicted octanol–water partition coefficient (Wildman–Crippen LogP) is 3.83. The SMILES string of the molecule is CCN(CCOC)c1ccc(NC(=O)OCCS(=O)(=O)CS(=O)(=O)CCOC(=O)Nc2ccc(N(CC)CCOC)cc2C)c(C)c1. The Morgan fingerprint density at radius 1 is 0.660 bits per heavy atom. The van der Waals surface area contributed by atoms with E-state index in [4.69, 9.17) is 18.9 Å². The van der Waals surface area contributed by atoms with Gasteiger partial charge in [0.2, 0.25) is 0 Å². The van der Waals surface area contributed by atoms with Crippen LogP contribution < -0.4 is 20.4 Å². The van der Waals surface area contributed by atoms with Crippen molar-refractivity contribution in [2.75, 3.05) is 104 Å². The Morgan fingerprint density at radius 3 is 1.36 bits per heavy atom. The van der Waals surface area contributed by atoms with Gasteiger partial charge < -0.3 is 28.7 Å². The number of rotatable bonds is 20. The fraction of sp³-hybridized carbons (Fsp3) is 0.548. The third-order valence-electron chi connectivity index (χ3n) is 7.13. The first kappa shape index (κ1) is 39.6. The van der Waals surface area contributed by atoms with Gasteiger partial charge in [-0.05, 0) is 75.2 Å². The van der Waals surface area contributed by atoms with Gasteiger partial charge in [-0.1, -0.05) is 0 Å². The van der Waals surface area contributed by atoms with E-state index < -0.39 is 61.7 Å². The number of nitrogens with zero attached hydrogens (tertiary/aromatic N) is 2. The van der Waals surface area contributed by atoms with Gasteiger partial charge in [0.1, 0.15) is 13.2 Å². The Kier molecular flexibility index (Phi) is 16.2. The maximum Gasteiger partial charge on any atom is 0.411 e. The Balaban J connectivity index is 1.79. The van der Waals surface area contributed by atoms with Crippen molar-refractivity contribution in [2.45, 2.75) is 27.7 Å². The number of methoxy groups -OCH3 is 2. The lowest BCUT2D eigenvalue weighted by atomic mass is 10.1. The van der Waals surface area contributed by atoms with Crippen LogP contribution in [0.2, 0.25) is 0 Å². The Hall–Kier alpha value is -3.60. The minimum atomic E-state index is -4.14. The molecule has 0 aliphatic rings. The molecule has 0 saturated carbocycles. The fourth-order valence-electron chi connectivity index (χ4n) is 4.52. The van der Waals surface area contributed by atoms with Gasteiger partial charge in [0.05, 0.1) is 24.7 Å². The number of carbonyl (C=O) groups excluding carboxylic acids is 2. The van der Waals surface area contributed by atoms with Crippen LogP contribution in [0, 0.1) is 13.8 Å². The van der Waals surface area contributed by atoms with E-state index in [1.165, 1.54) is 0 Å². The second-order valence-electron chi connectivity index (χ2n) is 10.7. The first-order chi connectivity index (χ1) is 22.2. The molecule has 47 heavy (non-hydrogen) atoms. The van der Waals surface area contributed by atoms with Crippen LogP contribution in [0.15, 0.2) is 36.4 Å². The van der Waals surface area contributed by atoms with E-state index in [9.17, 15) is 26.4 Å².